The van der Waals surface area contributed by atoms with Gasteiger partial charge in [0.2, 0.25) is 10.0 Å². The fourth-order valence-electron chi connectivity index (χ4n) is 3.91. The van der Waals surface area contributed by atoms with Gasteiger partial charge in [0.15, 0.2) is 0 Å². The van der Waals surface area contributed by atoms with Gasteiger partial charge in [0, 0.05) is 64.9 Å². The lowest BCUT2D eigenvalue weighted by atomic mass is 10.0. The molecular formula is C24H34N4O6S2. The van der Waals surface area contributed by atoms with Gasteiger partial charge in [-0.15, -0.1) is 11.3 Å². The highest BCUT2D eigenvalue weighted by molar-refractivity contribution is 7.89. The van der Waals surface area contributed by atoms with E-state index in [9.17, 15) is 18.0 Å². The number of thiophene rings is 1. The quantitative estimate of drug-likeness (QED) is 0.466. The number of nitrogens with one attached hydrogen (secondary N) is 1. The van der Waals surface area contributed by atoms with Crippen LogP contribution < -0.4 is 5.32 Å². The number of ether oxygens (including phenoxy) is 2. The molecule has 0 aliphatic carbocycles. The monoisotopic (exact) mass is 538 g/mol. The Hall–Kier alpha value is -2.35. The van der Waals surface area contributed by atoms with Gasteiger partial charge in [0.05, 0.1) is 23.7 Å². The average Bonchev–Trinajstić information content (AvgIpc) is 3.19. The van der Waals surface area contributed by atoms with Crippen molar-refractivity contribution in [1.29, 1.82) is 0 Å². The Morgan fingerprint density at radius 1 is 1.08 bits per heavy atom. The van der Waals surface area contributed by atoms with E-state index in [0.717, 1.165) is 30.0 Å². The van der Waals surface area contributed by atoms with Gasteiger partial charge in [-0.3, -0.25) is 9.59 Å². The largest absolute Gasteiger partial charge is 0.383 e. The minimum Gasteiger partial charge on any atom is -0.383 e. The molecule has 1 aliphatic rings. The zero-order chi connectivity index (χ0) is 26.5. The normalized spacial score (nSPS) is 14.1. The second kappa shape index (κ2) is 12.3. The number of sulfonamides is 1. The minimum atomic E-state index is -3.79. The molecule has 2 amide bonds. The summed E-state index contributed by atoms with van der Waals surface area (Å²) in [6, 6.07) is 5.78. The topological polar surface area (TPSA) is 108 Å². The predicted octanol–water partition coefficient (Wildman–Crippen LogP) is 1.97. The van der Waals surface area contributed by atoms with Crippen molar-refractivity contribution in [2.45, 2.75) is 17.9 Å². The summed E-state index contributed by atoms with van der Waals surface area (Å²) < 4.78 is 37.6. The second-order valence-electron chi connectivity index (χ2n) is 8.76. The molecule has 1 N–H and O–H groups in total. The Morgan fingerprint density at radius 2 is 1.69 bits per heavy atom. The summed E-state index contributed by atoms with van der Waals surface area (Å²) in [6.07, 6.45) is 0.738. The molecule has 1 aliphatic heterocycles. The molecule has 10 nitrogen and oxygen atoms in total. The van der Waals surface area contributed by atoms with Crippen LogP contribution in [0.1, 0.15) is 31.2 Å². The van der Waals surface area contributed by atoms with E-state index in [0.29, 0.717) is 16.1 Å². The average molecular weight is 539 g/mol. The van der Waals surface area contributed by atoms with Gasteiger partial charge in [-0.1, -0.05) is 0 Å². The number of anilines is 1. The molecule has 0 atom stereocenters. The summed E-state index contributed by atoms with van der Waals surface area (Å²) in [5, 5.41) is 3.41. The van der Waals surface area contributed by atoms with Crippen LogP contribution in [0.4, 0.5) is 5.00 Å². The molecule has 36 heavy (non-hydrogen) atoms. The SMILES string of the molecule is COCCN(CCOC)S(=O)(=O)c1ccc(C(=O)Nc2sc3c(c2C(=O)N(C)C)CCN(C)C3)cc1. The lowest BCUT2D eigenvalue weighted by Crippen LogP contribution is -2.36. The van der Waals surface area contributed by atoms with E-state index in [2.05, 4.69) is 10.2 Å². The first-order chi connectivity index (χ1) is 17.1. The fraction of sp³-hybridized carbons (Fsp3) is 0.500. The van der Waals surface area contributed by atoms with Gasteiger partial charge >= 0.3 is 0 Å². The third-order valence-electron chi connectivity index (χ3n) is 5.94. The van der Waals surface area contributed by atoms with Gasteiger partial charge in [-0.2, -0.15) is 4.31 Å². The van der Waals surface area contributed by atoms with E-state index >= 15 is 0 Å². The van der Waals surface area contributed by atoms with Crippen LogP contribution in [0.5, 0.6) is 0 Å². The van der Waals surface area contributed by atoms with E-state index in [-0.39, 0.29) is 37.1 Å². The number of hydrogen-bond donors (Lipinski definition) is 1. The Kier molecular flexibility index (Phi) is 9.61. The third kappa shape index (κ3) is 6.31. The zero-order valence-corrected chi connectivity index (χ0v) is 23.0. The Bertz CT molecular complexity index is 1170. The highest BCUT2D eigenvalue weighted by Gasteiger charge is 2.29. The van der Waals surface area contributed by atoms with Crippen molar-refractivity contribution in [3.05, 3.63) is 45.8 Å². The van der Waals surface area contributed by atoms with Crippen molar-refractivity contribution < 1.29 is 27.5 Å². The standard InChI is InChI=1S/C24H34N4O6S2/c1-26(2)24(30)21-19-10-11-27(3)16-20(19)35-23(21)25-22(29)17-6-8-18(9-7-17)36(31,32)28(12-14-33-4)13-15-34-5/h6-9H,10-16H2,1-5H3,(H,25,29). The summed E-state index contributed by atoms with van der Waals surface area (Å²) >= 11 is 1.41. The second-order valence-corrected chi connectivity index (χ2v) is 11.8. The van der Waals surface area contributed by atoms with E-state index in [1.165, 1.54) is 59.0 Å². The maximum absolute atomic E-state index is 13.1. The summed E-state index contributed by atoms with van der Waals surface area (Å²) in [5.74, 6) is -0.560. The van der Waals surface area contributed by atoms with Crippen molar-refractivity contribution in [1.82, 2.24) is 14.1 Å². The lowest BCUT2D eigenvalue weighted by Gasteiger charge is -2.23. The highest BCUT2D eigenvalue weighted by Crippen LogP contribution is 2.37. The van der Waals surface area contributed by atoms with Crippen LogP contribution in [0.15, 0.2) is 29.2 Å². The molecule has 1 aromatic heterocycles. The Balaban J connectivity index is 1.83. The zero-order valence-electron chi connectivity index (χ0n) is 21.4. The molecule has 1 aromatic carbocycles. The number of fused-ring (bicyclic) bond motifs is 1. The number of nitrogens with zero attached hydrogens (tertiary/aromatic N) is 3. The molecule has 198 valence electrons. The highest BCUT2D eigenvalue weighted by atomic mass is 32.2. The van der Waals surface area contributed by atoms with Gasteiger partial charge in [0.25, 0.3) is 11.8 Å². The predicted molar refractivity (Wildman–Crippen MR) is 139 cm³/mol. The van der Waals surface area contributed by atoms with E-state index in [4.69, 9.17) is 9.47 Å². The summed E-state index contributed by atoms with van der Waals surface area (Å²) in [7, 11) is 4.63. The Morgan fingerprint density at radius 3 is 2.25 bits per heavy atom. The van der Waals surface area contributed by atoms with Crippen LogP contribution in [-0.4, -0.2) is 103 Å². The maximum atomic E-state index is 13.1. The lowest BCUT2D eigenvalue weighted by molar-refractivity contribution is 0.0827. The number of amides is 2. The molecular weight excluding hydrogens is 504 g/mol. The van der Waals surface area contributed by atoms with Crippen LogP contribution in [0.25, 0.3) is 0 Å². The van der Waals surface area contributed by atoms with Gasteiger partial charge in [-0.25, -0.2) is 8.42 Å². The van der Waals surface area contributed by atoms with E-state index in [1.54, 1.807) is 14.1 Å². The molecule has 0 unspecified atom stereocenters. The van der Waals surface area contributed by atoms with Crippen LogP contribution in [0.3, 0.4) is 0 Å². The molecule has 0 fully saturated rings. The number of carbonyl (C=O) groups excluding carboxylic acids is 2. The molecule has 3 rings (SSSR count). The first-order valence-corrected chi connectivity index (χ1v) is 13.8. The van der Waals surface area contributed by atoms with Crippen molar-refractivity contribution in [3.8, 4) is 0 Å². The molecule has 0 saturated heterocycles. The van der Waals surface area contributed by atoms with E-state index < -0.39 is 15.9 Å². The van der Waals surface area contributed by atoms with Gasteiger partial charge in [-0.05, 0) is 43.3 Å². The van der Waals surface area contributed by atoms with E-state index in [1.807, 2.05) is 7.05 Å². The summed E-state index contributed by atoms with van der Waals surface area (Å²) in [6.45, 7) is 2.43. The minimum absolute atomic E-state index is 0.0735. The smallest absolute Gasteiger partial charge is 0.256 e. The van der Waals surface area contributed by atoms with Crippen LogP contribution in [0.2, 0.25) is 0 Å². The van der Waals surface area contributed by atoms with Crippen molar-refractivity contribution in [3.63, 3.8) is 0 Å². The molecule has 0 radical (unpaired) electrons. The third-order valence-corrected chi connectivity index (χ3v) is 8.98. The fourth-order valence-corrected chi connectivity index (χ4v) is 6.63. The molecule has 0 bridgehead atoms. The first kappa shape index (κ1) is 28.2. The number of likely N-dealkylation sites (N-methyl/N-ethyl adjacent to an activating group) is 1. The first-order valence-electron chi connectivity index (χ1n) is 11.5. The molecule has 0 spiro atoms. The Labute approximate surface area is 216 Å². The summed E-state index contributed by atoms with van der Waals surface area (Å²) in [5.41, 5.74) is 1.81. The summed E-state index contributed by atoms with van der Waals surface area (Å²) in [4.78, 5) is 30.9. The number of benzene rings is 1. The van der Waals surface area contributed by atoms with Crippen molar-refractivity contribution in [2.75, 3.05) is 73.5 Å². The molecule has 0 saturated carbocycles. The number of methoxy groups -OCH3 is 2. The molecule has 2 heterocycles. The van der Waals surface area contributed by atoms with Crippen LogP contribution in [0, 0.1) is 0 Å². The van der Waals surface area contributed by atoms with Gasteiger partial charge < -0.3 is 24.6 Å². The van der Waals surface area contributed by atoms with Crippen LogP contribution in [-0.2, 0) is 32.5 Å². The van der Waals surface area contributed by atoms with Gasteiger partial charge in [0.1, 0.15) is 5.00 Å². The van der Waals surface area contributed by atoms with Crippen molar-refractivity contribution >= 4 is 38.2 Å². The number of hydrogen-bond acceptors (Lipinski definition) is 8. The molecule has 2 aromatic rings. The van der Waals surface area contributed by atoms with Crippen LogP contribution >= 0.6 is 11.3 Å². The number of rotatable bonds is 11. The van der Waals surface area contributed by atoms with Crippen molar-refractivity contribution in [2.24, 2.45) is 0 Å². The molecule has 12 heteroatoms. The maximum Gasteiger partial charge on any atom is 0.256 e. The number of carbonyl (C=O) groups is 2.